The molecule has 2 N–H and O–H groups in total. The van der Waals surface area contributed by atoms with Crippen molar-refractivity contribution in [1.29, 1.82) is 0 Å². The van der Waals surface area contributed by atoms with Gasteiger partial charge in [0.2, 0.25) is 0 Å². The maximum Gasteiger partial charge on any atom is 0.0311 e. The fourth-order valence-corrected chi connectivity index (χ4v) is 5.78. The Morgan fingerprint density at radius 2 is 1.78 bits per heavy atom. The summed E-state index contributed by atoms with van der Waals surface area (Å²) < 4.78 is 0. The molecular formula is C14H26Br2N2. The van der Waals surface area contributed by atoms with Crippen LogP contribution in [0.15, 0.2) is 0 Å². The average Bonchev–Trinajstić information content (AvgIpc) is 2.36. The van der Waals surface area contributed by atoms with Gasteiger partial charge in [0.25, 0.3) is 0 Å². The first-order valence-electron chi connectivity index (χ1n) is 7.32. The molecule has 2 aliphatic carbocycles. The summed E-state index contributed by atoms with van der Waals surface area (Å²) >= 11 is 7.53. The number of rotatable bonds is 3. The van der Waals surface area contributed by atoms with Crippen molar-refractivity contribution in [2.45, 2.75) is 66.7 Å². The van der Waals surface area contributed by atoms with Gasteiger partial charge in [0.15, 0.2) is 0 Å². The molecule has 0 aromatic rings. The van der Waals surface area contributed by atoms with Crippen LogP contribution >= 0.6 is 31.9 Å². The van der Waals surface area contributed by atoms with Crippen molar-refractivity contribution in [1.82, 2.24) is 4.90 Å². The Balaban J connectivity index is 1.86. The Bertz CT molecular complexity index is 256. The largest absolute Gasteiger partial charge is 0.326 e. The van der Waals surface area contributed by atoms with Crippen molar-refractivity contribution >= 4 is 31.9 Å². The summed E-state index contributed by atoms with van der Waals surface area (Å²) in [7, 11) is 2.30. The van der Waals surface area contributed by atoms with E-state index in [9.17, 15) is 0 Å². The predicted molar refractivity (Wildman–Crippen MR) is 85.6 cm³/mol. The fraction of sp³-hybridized carbons (Fsp3) is 1.00. The van der Waals surface area contributed by atoms with Crippen molar-refractivity contribution in [3.8, 4) is 0 Å². The number of nitrogens with zero attached hydrogens (tertiary/aromatic N) is 1. The van der Waals surface area contributed by atoms with Crippen LogP contribution in [0.4, 0.5) is 0 Å². The quantitative estimate of drug-likeness (QED) is 0.757. The minimum Gasteiger partial charge on any atom is -0.326 e. The van der Waals surface area contributed by atoms with E-state index in [1.165, 1.54) is 38.5 Å². The van der Waals surface area contributed by atoms with E-state index >= 15 is 0 Å². The van der Waals surface area contributed by atoms with E-state index in [0.717, 1.165) is 19.0 Å². The second kappa shape index (κ2) is 7.05. The molecule has 0 radical (unpaired) electrons. The van der Waals surface area contributed by atoms with Gasteiger partial charge in [-0.3, -0.25) is 0 Å². The third-order valence-electron chi connectivity index (χ3n) is 4.72. The minimum absolute atomic E-state index is 0.310. The molecule has 0 aromatic heterocycles. The van der Waals surface area contributed by atoms with Gasteiger partial charge in [0.05, 0.1) is 0 Å². The van der Waals surface area contributed by atoms with E-state index in [0.29, 0.717) is 21.6 Å². The molecule has 0 saturated heterocycles. The van der Waals surface area contributed by atoms with E-state index in [-0.39, 0.29) is 0 Å². The number of hydrogen-bond acceptors (Lipinski definition) is 2. The summed E-state index contributed by atoms with van der Waals surface area (Å²) in [4.78, 5) is 3.68. The third kappa shape index (κ3) is 3.94. The minimum atomic E-state index is 0.310. The molecule has 2 fully saturated rings. The van der Waals surface area contributed by atoms with Crippen molar-refractivity contribution in [2.24, 2.45) is 11.7 Å². The van der Waals surface area contributed by atoms with Crippen LogP contribution in [0.5, 0.6) is 0 Å². The van der Waals surface area contributed by atoms with Crippen LogP contribution in [0, 0.1) is 5.92 Å². The van der Waals surface area contributed by atoms with E-state index in [1.54, 1.807) is 0 Å². The highest BCUT2D eigenvalue weighted by Gasteiger charge is 2.34. The third-order valence-corrected chi connectivity index (χ3v) is 6.45. The lowest BCUT2D eigenvalue weighted by molar-refractivity contribution is 0.145. The molecule has 2 aliphatic rings. The molecule has 4 unspecified atom stereocenters. The molecule has 4 atom stereocenters. The molecule has 4 heteroatoms. The molecule has 0 aliphatic heterocycles. The molecule has 0 spiro atoms. The van der Waals surface area contributed by atoms with Crippen LogP contribution in [0.2, 0.25) is 0 Å². The maximum atomic E-state index is 6.37. The number of hydrogen-bond donors (Lipinski definition) is 1. The van der Waals surface area contributed by atoms with Gasteiger partial charge in [-0.05, 0) is 38.6 Å². The van der Waals surface area contributed by atoms with E-state index in [2.05, 4.69) is 43.8 Å². The molecule has 2 saturated carbocycles. The predicted octanol–water partition coefficient (Wildman–Crippen LogP) is 3.52. The van der Waals surface area contributed by atoms with Crippen LogP contribution in [0.25, 0.3) is 0 Å². The SMILES string of the molecule is CN(CC1CC(Br)CC(Br)C1N)C1CCCCC1. The summed E-state index contributed by atoms with van der Waals surface area (Å²) in [5.74, 6) is 0.624. The average molecular weight is 382 g/mol. The number of alkyl halides is 2. The highest BCUT2D eigenvalue weighted by Crippen LogP contribution is 2.34. The first kappa shape index (κ1) is 15.3. The second-order valence-electron chi connectivity index (χ2n) is 6.15. The molecule has 2 nitrogen and oxygen atoms in total. The first-order chi connectivity index (χ1) is 8.58. The van der Waals surface area contributed by atoms with Gasteiger partial charge in [-0.1, -0.05) is 51.1 Å². The molecular weight excluding hydrogens is 356 g/mol. The zero-order chi connectivity index (χ0) is 13.1. The summed E-state index contributed by atoms with van der Waals surface area (Å²) in [6, 6.07) is 1.11. The van der Waals surface area contributed by atoms with Crippen molar-refractivity contribution < 1.29 is 0 Å². The normalized spacial score (nSPS) is 39.2. The van der Waals surface area contributed by atoms with Gasteiger partial charge >= 0.3 is 0 Å². The molecule has 0 heterocycles. The molecule has 0 aromatic carbocycles. The standard InChI is InChI=1S/C14H26Br2N2/c1-18(12-5-3-2-4-6-12)9-10-7-11(15)8-13(16)14(10)17/h10-14H,2-9,17H2,1H3. The lowest BCUT2D eigenvalue weighted by Crippen LogP contribution is -2.50. The molecule has 18 heavy (non-hydrogen) atoms. The lowest BCUT2D eigenvalue weighted by Gasteiger charge is -2.40. The van der Waals surface area contributed by atoms with Crippen molar-refractivity contribution in [3.63, 3.8) is 0 Å². The van der Waals surface area contributed by atoms with Gasteiger partial charge in [0.1, 0.15) is 0 Å². The highest BCUT2D eigenvalue weighted by atomic mass is 79.9. The van der Waals surface area contributed by atoms with Gasteiger partial charge in [-0.25, -0.2) is 0 Å². The zero-order valence-corrected chi connectivity index (χ0v) is 14.5. The van der Waals surface area contributed by atoms with Crippen LogP contribution in [-0.4, -0.2) is 40.2 Å². The number of nitrogens with two attached hydrogens (primary N) is 1. The Morgan fingerprint density at radius 3 is 2.44 bits per heavy atom. The molecule has 0 amide bonds. The van der Waals surface area contributed by atoms with Crippen LogP contribution < -0.4 is 5.73 Å². The highest BCUT2D eigenvalue weighted by molar-refractivity contribution is 9.10. The lowest BCUT2D eigenvalue weighted by atomic mass is 9.83. The fourth-order valence-electron chi connectivity index (χ4n) is 3.52. The molecule has 106 valence electrons. The smallest absolute Gasteiger partial charge is 0.0311 e. The summed E-state index contributed by atoms with van der Waals surface area (Å²) in [5.41, 5.74) is 6.37. The summed E-state index contributed by atoms with van der Waals surface area (Å²) in [6.45, 7) is 1.16. The van der Waals surface area contributed by atoms with E-state index in [1.807, 2.05) is 0 Å². The Morgan fingerprint density at radius 1 is 1.11 bits per heavy atom. The van der Waals surface area contributed by atoms with Crippen LogP contribution in [0.3, 0.4) is 0 Å². The van der Waals surface area contributed by atoms with Gasteiger partial charge in [-0.2, -0.15) is 0 Å². The molecule has 2 rings (SSSR count). The van der Waals surface area contributed by atoms with E-state index < -0.39 is 0 Å². The van der Waals surface area contributed by atoms with Crippen LogP contribution in [-0.2, 0) is 0 Å². The monoisotopic (exact) mass is 380 g/mol. The Labute approximate surface area is 128 Å². The Hall–Kier alpha value is 0.880. The van der Waals surface area contributed by atoms with Crippen molar-refractivity contribution in [2.75, 3.05) is 13.6 Å². The van der Waals surface area contributed by atoms with Crippen LogP contribution in [0.1, 0.15) is 44.9 Å². The first-order valence-corrected chi connectivity index (χ1v) is 9.15. The second-order valence-corrected chi connectivity index (χ2v) is 8.62. The Kier molecular flexibility index (Phi) is 5.98. The van der Waals surface area contributed by atoms with E-state index in [4.69, 9.17) is 5.73 Å². The van der Waals surface area contributed by atoms with Gasteiger partial charge in [0, 0.05) is 28.3 Å². The topological polar surface area (TPSA) is 29.3 Å². The maximum absolute atomic E-state index is 6.37. The molecule has 0 bridgehead atoms. The van der Waals surface area contributed by atoms with Crippen molar-refractivity contribution in [3.05, 3.63) is 0 Å². The summed E-state index contributed by atoms with van der Waals surface area (Å²) in [5, 5.41) is 0. The zero-order valence-electron chi connectivity index (χ0n) is 11.3. The number of halogens is 2. The van der Waals surface area contributed by atoms with Gasteiger partial charge in [-0.15, -0.1) is 0 Å². The summed E-state index contributed by atoms with van der Waals surface area (Å²) in [6.07, 6.45) is 9.40. The van der Waals surface area contributed by atoms with Gasteiger partial charge < -0.3 is 10.6 Å².